The summed E-state index contributed by atoms with van der Waals surface area (Å²) in [6.07, 6.45) is 5.55. The third-order valence-electron chi connectivity index (χ3n) is 4.30. The van der Waals surface area contributed by atoms with E-state index in [0.717, 1.165) is 32.2 Å². The van der Waals surface area contributed by atoms with E-state index in [1.807, 2.05) is 4.90 Å². The second-order valence-electron chi connectivity index (χ2n) is 5.83. The number of carbonyl (C=O) groups excluding carboxylic acids is 1. The van der Waals surface area contributed by atoms with Crippen molar-refractivity contribution < 1.29 is 9.53 Å². The smallest absolute Gasteiger partial charge is 0.255 e. The van der Waals surface area contributed by atoms with Gasteiger partial charge in [0.05, 0.1) is 17.7 Å². The van der Waals surface area contributed by atoms with Crippen LogP contribution in [0.3, 0.4) is 0 Å². The zero-order valence-electron chi connectivity index (χ0n) is 13.1. The molecule has 0 aliphatic carbocycles. The first-order valence-corrected chi connectivity index (χ1v) is 7.51. The quantitative estimate of drug-likeness (QED) is 0.831. The summed E-state index contributed by atoms with van der Waals surface area (Å²) in [4.78, 5) is 26.2. The lowest BCUT2D eigenvalue weighted by molar-refractivity contribution is 0.0254. The fraction of sp³-hybridized carbons (Fsp3) is 0.625. The van der Waals surface area contributed by atoms with Gasteiger partial charge in [0.15, 0.2) is 0 Å². The van der Waals surface area contributed by atoms with Crippen LogP contribution in [0, 0.1) is 0 Å². The Morgan fingerprint density at radius 2 is 2.19 bits per heavy atom. The van der Waals surface area contributed by atoms with E-state index in [2.05, 4.69) is 6.92 Å². The monoisotopic (exact) mass is 292 g/mol. The van der Waals surface area contributed by atoms with Gasteiger partial charge >= 0.3 is 0 Å². The topological polar surface area (TPSA) is 51.5 Å². The maximum absolute atomic E-state index is 12.8. The van der Waals surface area contributed by atoms with Crippen molar-refractivity contribution in [3.05, 3.63) is 34.2 Å². The number of aryl methyl sites for hydroxylation is 1. The fourth-order valence-electron chi connectivity index (χ4n) is 3.35. The number of ether oxygens (including phenoxy) is 1. The van der Waals surface area contributed by atoms with Crippen molar-refractivity contribution in [3.63, 3.8) is 0 Å². The van der Waals surface area contributed by atoms with Crippen molar-refractivity contribution in [2.45, 2.75) is 38.1 Å². The van der Waals surface area contributed by atoms with Crippen LogP contribution >= 0.6 is 0 Å². The van der Waals surface area contributed by atoms with Gasteiger partial charge in [0, 0.05) is 33.0 Å². The molecule has 116 valence electrons. The van der Waals surface area contributed by atoms with Crippen LogP contribution in [0.4, 0.5) is 0 Å². The zero-order chi connectivity index (χ0) is 15.5. The summed E-state index contributed by atoms with van der Waals surface area (Å²) >= 11 is 0. The Morgan fingerprint density at radius 3 is 2.81 bits per heavy atom. The van der Waals surface area contributed by atoms with Gasteiger partial charge in [-0.05, 0) is 25.3 Å². The Hall–Kier alpha value is -1.62. The first-order valence-electron chi connectivity index (χ1n) is 7.51. The first-order chi connectivity index (χ1) is 10.0. The standard InChI is InChI=1S/C16H24N2O3/c1-4-8-16(12-21-3)9-5-10-18(16)15(20)13-6-7-14(19)17(2)11-13/h6-7,11H,4-5,8-10,12H2,1-3H3. The zero-order valence-corrected chi connectivity index (χ0v) is 13.1. The van der Waals surface area contributed by atoms with Crippen molar-refractivity contribution >= 4 is 5.91 Å². The highest BCUT2D eigenvalue weighted by molar-refractivity contribution is 5.94. The fourth-order valence-corrected chi connectivity index (χ4v) is 3.35. The second kappa shape index (κ2) is 6.43. The van der Waals surface area contributed by atoms with Crippen molar-refractivity contribution in [1.82, 2.24) is 9.47 Å². The molecule has 1 fully saturated rings. The van der Waals surface area contributed by atoms with Crippen LogP contribution in [0.25, 0.3) is 0 Å². The molecule has 0 spiro atoms. The largest absolute Gasteiger partial charge is 0.382 e. The summed E-state index contributed by atoms with van der Waals surface area (Å²) in [6.45, 7) is 3.45. The number of methoxy groups -OCH3 is 1. The lowest BCUT2D eigenvalue weighted by Gasteiger charge is -2.38. The van der Waals surface area contributed by atoms with Gasteiger partial charge in [-0.3, -0.25) is 9.59 Å². The van der Waals surface area contributed by atoms with E-state index in [-0.39, 0.29) is 17.0 Å². The molecule has 1 aliphatic heterocycles. The normalized spacial score (nSPS) is 21.8. The Morgan fingerprint density at radius 1 is 1.43 bits per heavy atom. The number of pyridine rings is 1. The number of amides is 1. The molecule has 1 aromatic heterocycles. The van der Waals surface area contributed by atoms with Gasteiger partial charge in [-0.2, -0.15) is 0 Å². The Bertz CT molecular complexity index is 559. The van der Waals surface area contributed by atoms with E-state index >= 15 is 0 Å². The molecule has 1 aliphatic rings. The molecule has 21 heavy (non-hydrogen) atoms. The van der Waals surface area contributed by atoms with Gasteiger partial charge in [-0.15, -0.1) is 0 Å². The number of hydrogen-bond acceptors (Lipinski definition) is 3. The molecular weight excluding hydrogens is 268 g/mol. The summed E-state index contributed by atoms with van der Waals surface area (Å²) in [5, 5.41) is 0. The van der Waals surface area contributed by atoms with E-state index < -0.39 is 0 Å². The van der Waals surface area contributed by atoms with Gasteiger partial charge in [0.25, 0.3) is 5.91 Å². The van der Waals surface area contributed by atoms with Crippen LogP contribution in [0.2, 0.25) is 0 Å². The molecule has 1 atom stereocenters. The third-order valence-corrected chi connectivity index (χ3v) is 4.30. The minimum Gasteiger partial charge on any atom is -0.382 e. The van der Waals surface area contributed by atoms with Gasteiger partial charge in [-0.1, -0.05) is 13.3 Å². The number of rotatable bonds is 5. The van der Waals surface area contributed by atoms with E-state index in [9.17, 15) is 9.59 Å². The van der Waals surface area contributed by atoms with Crippen LogP contribution in [0.1, 0.15) is 43.0 Å². The van der Waals surface area contributed by atoms with Crippen molar-refractivity contribution in [1.29, 1.82) is 0 Å². The lowest BCUT2D eigenvalue weighted by Crippen LogP contribution is -2.50. The summed E-state index contributed by atoms with van der Waals surface area (Å²) in [7, 11) is 3.35. The summed E-state index contributed by atoms with van der Waals surface area (Å²) in [5.41, 5.74) is 0.259. The molecule has 0 radical (unpaired) electrons. The minimum atomic E-state index is -0.199. The van der Waals surface area contributed by atoms with Crippen LogP contribution in [0.5, 0.6) is 0 Å². The summed E-state index contributed by atoms with van der Waals surface area (Å²) in [5.74, 6) is -0.00593. The van der Waals surface area contributed by atoms with E-state index in [0.29, 0.717) is 12.2 Å². The molecule has 2 rings (SSSR count). The third kappa shape index (κ3) is 3.02. The second-order valence-corrected chi connectivity index (χ2v) is 5.83. The average molecular weight is 292 g/mol. The van der Waals surface area contributed by atoms with Crippen molar-refractivity contribution in [3.8, 4) is 0 Å². The number of hydrogen-bond donors (Lipinski definition) is 0. The van der Waals surface area contributed by atoms with Crippen LogP contribution in [0.15, 0.2) is 23.1 Å². The highest BCUT2D eigenvalue weighted by Crippen LogP contribution is 2.35. The molecule has 0 aromatic carbocycles. The predicted octanol–water partition coefficient (Wildman–Crippen LogP) is 1.81. The number of carbonyl (C=O) groups is 1. The number of aromatic nitrogens is 1. The summed E-state index contributed by atoms with van der Waals surface area (Å²) in [6, 6.07) is 3.06. The molecule has 0 bridgehead atoms. The van der Waals surface area contributed by atoms with E-state index in [1.165, 1.54) is 10.6 Å². The molecule has 1 unspecified atom stereocenters. The van der Waals surface area contributed by atoms with Gasteiger partial charge < -0.3 is 14.2 Å². The highest BCUT2D eigenvalue weighted by atomic mass is 16.5. The predicted molar refractivity (Wildman–Crippen MR) is 81.5 cm³/mol. The molecule has 1 aromatic rings. The van der Waals surface area contributed by atoms with Crippen molar-refractivity contribution in [2.75, 3.05) is 20.3 Å². The maximum Gasteiger partial charge on any atom is 0.255 e. The molecule has 5 heteroatoms. The first kappa shape index (κ1) is 15.8. The molecule has 1 saturated heterocycles. The van der Waals surface area contributed by atoms with Gasteiger partial charge in [0.2, 0.25) is 5.56 Å². The Kier molecular flexibility index (Phi) is 4.83. The highest BCUT2D eigenvalue weighted by Gasteiger charge is 2.43. The maximum atomic E-state index is 12.8. The molecule has 1 amide bonds. The van der Waals surface area contributed by atoms with Crippen LogP contribution in [-0.2, 0) is 11.8 Å². The minimum absolute atomic E-state index is 0.00593. The number of nitrogens with zero attached hydrogens (tertiary/aromatic N) is 2. The van der Waals surface area contributed by atoms with Gasteiger partial charge in [0.1, 0.15) is 0 Å². The van der Waals surface area contributed by atoms with Crippen molar-refractivity contribution in [2.24, 2.45) is 7.05 Å². The molecular formula is C16H24N2O3. The SMILES string of the molecule is CCCC1(COC)CCCN1C(=O)c1ccc(=O)n(C)c1. The van der Waals surface area contributed by atoms with Gasteiger partial charge in [-0.25, -0.2) is 0 Å². The number of likely N-dealkylation sites (tertiary alicyclic amines) is 1. The molecule has 0 N–H and O–H groups in total. The summed E-state index contributed by atoms with van der Waals surface area (Å²) < 4.78 is 6.84. The molecule has 2 heterocycles. The van der Waals surface area contributed by atoms with Crippen LogP contribution < -0.4 is 5.56 Å². The van der Waals surface area contributed by atoms with E-state index in [4.69, 9.17) is 4.74 Å². The Labute approximate surface area is 125 Å². The van der Waals surface area contributed by atoms with E-state index in [1.54, 1.807) is 26.4 Å². The molecule has 5 nitrogen and oxygen atoms in total. The molecule has 0 saturated carbocycles. The lowest BCUT2D eigenvalue weighted by atomic mass is 9.91. The average Bonchev–Trinajstić information content (AvgIpc) is 2.85. The Balaban J connectivity index is 2.31. The van der Waals surface area contributed by atoms with Crippen LogP contribution in [-0.4, -0.2) is 41.2 Å².